The molecule has 0 unspecified atom stereocenters. The molecule has 0 radical (unpaired) electrons. The standard InChI is InChI=1S/C13H12N2S2/c1-16-10-6-8(14)13-11(12(10)15)7-4-2-3-5-9(7)17-13/h2-6H,14-15H2,1H3. The van der Waals surface area contributed by atoms with E-state index in [0.29, 0.717) is 0 Å². The van der Waals surface area contributed by atoms with Gasteiger partial charge in [0, 0.05) is 20.4 Å². The molecular weight excluding hydrogens is 248 g/mol. The van der Waals surface area contributed by atoms with Gasteiger partial charge in [0.15, 0.2) is 0 Å². The highest BCUT2D eigenvalue weighted by Gasteiger charge is 2.13. The second-order valence-corrected chi connectivity index (χ2v) is 5.78. The molecule has 0 atom stereocenters. The number of benzene rings is 2. The first-order valence-corrected chi connectivity index (χ1v) is 7.29. The zero-order valence-corrected chi connectivity index (χ0v) is 11.0. The minimum atomic E-state index is 0.819. The topological polar surface area (TPSA) is 52.0 Å². The number of nitrogens with two attached hydrogens (primary N) is 2. The van der Waals surface area contributed by atoms with Crippen LogP contribution in [-0.2, 0) is 0 Å². The van der Waals surface area contributed by atoms with Crippen molar-refractivity contribution < 1.29 is 0 Å². The minimum Gasteiger partial charge on any atom is -0.398 e. The van der Waals surface area contributed by atoms with Gasteiger partial charge in [-0.2, -0.15) is 0 Å². The van der Waals surface area contributed by atoms with Crippen molar-refractivity contribution in [1.82, 2.24) is 0 Å². The van der Waals surface area contributed by atoms with Gasteiger partial charge in [0.2, 0.25) is 0 Å². The van der Waals surface area contributed by atoms with E-state index in [1.807, 2.05) is 24.5 Å². The van der Waals surface area contributed by atoms with Gasteiger partial charge in [-0.3, -0.25) is 0 Å². The summed E-state index contributed by atoms with van der Waals surface area (Å²) in [5.41, 5.74) is 14.0. The van der Waals surface area contributed by atoms with Gasteiger partial charge in [0.1, 0.15) is 0 Å². The molecule has 1 aromatic heterocycles. The van der Waals surface area contributed by atoms with Gasteiger partial charge in [-0.15, -0.1) is 23.1 Å². The predicted octanol–water partition coefficient (Wildman–Crippen LogP) is 3.94. The number of nitrogen functional groups attached to an aromatic ring is 2. The van der Waals surface area contributed by atoms with Crippen LogP contribution in [0.4, 0.5) is 11.4 Å². The summed E-state index contributed by atoms with van der Waals surface area (Å²) in [5.74, 6) is 0. The summed E-state index contributed by atoms with van der Waals surface area (Å²) in [5, 5.41) is 2.31. The molecule has 1 heterocycles. The summed E-state index contributed by atoms with van der Waals surface area (Å²) in [6.45, 7) is 0. The van der Waals surface area contributed by atoms with Crippen LogP contribution in [0, 0.1) is 0 Å². The van der Waals surface area contributed by atoms with Crippen LogP contribution in [0.2, 0.25) is 0 Å². The third-order valence-corrected chi connectivity index (χ3v) is 4.90. The summed E-state index contributed by atoms with van der Waals surface area (Å²) >= 11 is 3.34. The third kappa shape index (κ3) is 1.48. The van der Waals surface area contributed by atoms with Crippen LogP contribution in [0.1, 0.15) is 0 Å². The summed E-state index contributed by atoms with van der Waals surface area (Å²) < 4.78 is 2.33. The fourth-order valence-electron chi connectivity index (χ4n) is 2.09. The maximum atomic E-state index is 6.24. The Morgan fingerprint density at radius 3 is 2.71 bits per heavy atom. The lowest BCUT2D eigenvalue weighted by Gasteiger charge is -2.06. The highest BCUT2D eigenvalue weighted by Crippen LogP contribution is 2.43. The molecule has 0 spiro atoms. The van der Waals surface area contributed by atoms with Crippen LogP contribution < -0.4 is 11.5 Å². The SMILES string of the molecule is CSc1cc(N)c2sc3ccccc3c2c1N. The summed E-state index contributed by atoms with van der Waals surface area (Å²) in [4.78, 5) is 1.05. The lowest BCUT2D eigenvalue weighted by atomic mass is 10.1. The van der Waals surface area contributed by atoms with Crippen LogP contribution >= 0.6 is 23.1 Å². The molecule has 3 aromatic rings. The molecule has 4 N–H and O–H groups in total. The highest BCUT2D eigenvalue weighted by molar-refractivity contribution is 7.98. The summed E-state index contributed by atoms with van der Waals surface area (Å²) in [6.07, 6.45) is 2.02. The second kappa shape index (κ2) is 3.82. The van der Waals surface area contributed by atoms with Crippen molar-refractivity contribution in [2.75, 3.05) is 17.7 Å². The molecule has 0 aliphatic carbocycles. The van der Waals surface area contributed by atoms with Gasteiger partial charge in [-0.25, -0.2) is 0 Å². The van der Waals surface area contributed by atoms with Crippen molar-refractivity contribution >= 4 is 54.6 Å². The monoisotopic (exact) mass is 260 g/mol. The van der Waals surface area contributed by atoms with E-state index in [9.17, 15) is 0 Å². The molecule has 0 amide bonds. The molecule has 3 rings (SSSR count). The molecule has 4 heteroatoms. The van der Waals surface area contributed by atoms with Crippen LogP contribution in [-0.4, -0.2) is 6.26 Å². The fraction of sp³-hybridized carbons (Fsp3) is 0.0769. The second-order valence-electron chi connectivity index (χ2n) is 3.88. The molecule has 0 aliphatic rings. The van der Waals surface area contributed by atoms with Crippen molar-refractivity contribution in [2.24, 2.45) is 0 Å². The number of thioether (sulfide) groups is 1. The van der Waals surface area contributed by atoms with Crippen LogP contribution in [0.5, 0.6) is 0 Å². The molecule has 17 heavy (non-hydrogen) atoms. The van der Waals surface area contributed by atoms with Gasteiger partial charge in [-0.1, -0.05) is 18.2 Å². The maximum absolute atomic E-state index is 6.24. The lowest BCUT2D eigenvalue weighted by molar-refractivity contribution is 1.52. The van der Waals surface area contributed by atoms with Gasteiger partial charge in [0.25, 0.3) is 0 Å². The molecule has 0 fully saturated rings. The van der Waals surface area contributed by atoms with E-state index in [2.05, 4.69) is 12.1 Å². The average molecular weight is 260 g/mol. The quantitative estimate of drug-likeness (QED) is 0.514. The molecule has 0 saturated carbocycles. The molecule has 2 aromatic carbocycles. The fourth-order valence-corrected chi connectivity index (χ4v) is 3.80. The number of thiophene rings is 1. The van der Waals surface area contributed by atoms with Crippen molar-refractivity contribution in [3.63, 3.8) is 0 Å². The molecular formula is C13H12N2S2. The maximum Gasteiger partial charge on any atom is 0.0606 e. The molecule has 0 bridgehead atoms. The van der Waals surface area contributed by atoms with Crippen molar-refractivity contribution in [2.45, 2.75) is 4.90 Å². The smallest absolute Gasteiger partial charge is 0.0606 e. The van der Waals surface area contributed by atoms with Crippen LogP contribution in [0.3, 0.4) is 0 Å². The van der Waals surface area contributed by atoms with E-state index in [4.69, 9.17) is 11.5 Å². The zero-order chi connectivity index (χ0) is 12.0. The van der Waals surface area contributed by atoms with Gasteiger partial charge in [-0.05, 0) is 18.4 Å². The Morgan fingerprint density at radius 1 is 1.18 bits per heavy atom. The zero-order valence-electron chi connectivity index (χ0n) is 9.36. The largest absolute Gasteiger partial charge is 0.398 e. The van der Waals surface area contributed by atoms with Gasteiger partial charge in [0.05, 0.1) is 16.1 Å². The predicted molar refractivity (Wildman–Crippen MR) is 79.9 cm³/mol. The molecule has 0 saturated heterocycles. The normalized spacial score (nSPS) is 11.4. The first-order valence-electron chi connectivity index (χ1n) is 5.25. The van der Waals surface area contributed by atoms with Crippen molar-refractivity contribution in [3.8, 4) is 0 Å². The Bertz CT molecular complexity index is 716. The Morgan fingerprint density at radius 2 is 1.94 bits per heavy atom. The van der Waals surface area contributed by atoms with Crippen LogP contribution in [0.15, 0.2) is 35.2 Å². The van der Waals surface area contributed by atoms with Gasteiger partial charge < -0.3 is 11.5 Å². The minimum absolute atomic E-state index is 0.819. The Balaban J connectivity index is 2.58. The van der Waals surface area contributed by atoms with Crippen LogP contribution in [0.25, 0.3) is 20.2 Å². The van der Waals surface area contributed by atoms with Crippen molar-refractivity contribution in [3.05, 3.63) is 30.3 Å². The number of fused-ring (bicyclic) bond motifs is 3. The van der Waals surface area contributed by atoms with Gasteiger partial charge >= 0.3 is 0 Å². The van der Waals surface area contributed by atoms with Crippen molar-refractivity contribution in [1.29, 1.82) is 0 Å². The highest BCUT2D eigenvalue weighted by atomic mass is 32.2. The first kappa shape index (κ1) is 10.7. The van der Waals surface area contributed by atoms with E-state index in [-0.39, 0.29) is 0 Å². The lowest BCUT2D eigenvalue weighted by Crippen LogP contribution is -1.93. The summed E-state index contributed by atoms with van der Waals surface area (Å²) in [6, 6.07) is 10.3. The number of anilines is 2. The number of rotatable bonds is 1. The molecule has 2 nitrogen and oxygen atoms in total. The number of hydrogen-bond acceptors (Lipinski definition) is 4. The average Bonchev–Trinajstić information content (AvgIpc) is 2.73. The Hall–Kier alpha value is -1.39. The molecule has 0 aliphatic heterocycles. The van der Waals surface area contributed by atoms with E-state index in [1.54, 1.807) is 23.1 Å². The molecule has 86 valence electrons. The van der Waals surface area contributed by atoms with E-state index in [1.165, 1.54) is 10.1 Å². The number of hydrogen-bond donors (Lipinski definition) is 2. The Kier molecular flexibility index (Phi) is 2.42. The Labute approximate surface area is 108 Å². The van der Waals surface area contributed by atoms with E-state index >= 15 is 0 Å². The van der Waals surface area contributed by atoms with E-state index < -0.39 is 0 Å². The summed E-state index contributed by atoms with van der Waals surface area (Å²) in [7, 11) is 0. The first-order chi connectivity index (χ1) is 8.22. The third-order valence-electron chi connectivity index (χ3n) is 2.90. The van der Waals surface area contributed by atoms with E-state index in [0.717, 1.165) is 26.4 Å².